The zero-order valence-electron chi connectivity index (χ0n) is 15.5. The van der Waals surface area contributed by atoms with Crippen LogP contribution in [-0.4, -0.2) is 30.6 Å². The molecule has 0 unspecified atom stereocenters. The van der Waals surface area contributed by atoms with E-state index in [-0.39, 0.29) is 5.56 Å². The van der Waals surface area contributed by atoms with Gasteiger partial charge < -0.3 is 9.88 Å². The number of rotatable bonds is 3. The Kier molecular flexibility index (Phi) is 4.22. The largest absolute Gasteiger partial charge is 0.378 e. The second kappa shape index (κ2) is 6.55. The molecule has 0 saturated heterocycles. The Morgan fingerprint density at radius 3 is 2.65 bits per heavy atom. The first-order valence-corrected chi connectivity index (χ1v) is 9.17. The van der Waals surface area contributed by atoms with Crippen molar-refractivity contribution in [2.24, 2.45) is 14.1 Å². The molecular formula is C19H24N6O. The number of aromatic nitrogens is 5. The fraction of sp³-hybridized carbons (Fsp3) is 0.474. The molecule has 7 heteroatoms. The Morgan fingerprint density at radius 1 is 1.19 bits per heavy atom. The van der Waals surface area contributed by atoms with Crippen LogP contribution < -0.4 is 10.9 Å². The van der Waals surface area contributed by atoms with Crippen LogP contribution in [0.25, 0.3) is 22.2 Å². The average molecular weight is 352 g/mol. The van der Waals surface area contributed by atoms with Crippen molar-refractivity contribution in [2.75, 3.05) is 5.32 Å². The summed E-state index contributed by atoms with van der Waals surface area (Å²) in [5.41, 5.74) is 3.86. The van der Waals surface area contributed by atoms with Crippen LogP contribution in [0, 0.1) is 6.92 Å². The van der Waals surface area contributed by atoms with Crippen LogP contribution in [0.5, 0.6) is 0 Å². The lowest BCUT2D eigenvalue weighted by Crippen LogP contribution is -2.29. The highest BCUT2D eigenvalue weighted by Gasteiger charge is 2.19. The number of fused-ring (bicyclic) bond motifs is 1. The molecule has 3 heterocycles. The fourth-order valence-corrected chi connectivity index (χ4v) is 3.94. The lowest BCUT2D eigenvalue weighted by Gasteiger charge is -2.24. The molecule has 0 aliphatic heterocycles. The Morgan fingerprint density at radius 2 is 1.96 bits per heavy atom. The lowest BCUT2D eigenvalue weighted by molar-refractivity contribution is 0.462. The van der Waals surface area contributed by atoms with Gasteiger partial charge in [0, 0.05) is 37.3 Å². The predicted molar refractivity (Wildman–Crippen MR) is 102 cm³/mol. The molecule has 4 rings (SSSR count). The van der Waals surface area contributed by atoms with E-state index in [1.54, 1.807) is 22.5 Å². The summed E-state index contributed by atoms with van der Waals surface area (Å²) in [5.74, 6) is 0. The molecule has 1 aliphatic carbocycles. The quantitative estimate of drug-likeness (QED) is 0.784. The van der Waals surface area contributed by atoms with E-state index in [0.29, 0.717) is 17.4 Å². The van der Waals surface area contributed by atoms with Gasteiger partial charge in [-0.15, -0.1) is 5.10 Å². The minimum absolute atomic E-state index is 0.0288. The average Bonchev–Trinajstić information content (AvgIpc) is 2.98. The van der Waals surface area contributed by atoms with E-state index in [1.807, 2.05) is 26.2 Å². The van der Waals surface area contributed by atoms with Crippen LogP contribution in [0.1, 0.15) is 37.8 Å². The number of nitrogens with zero attached hydrogens (tertiary/aromatic N) is 5. The van der Waals surface area contributed by atoms with E-state index in [2.05, 4.69) is 20.6 Å². The normalized spacial score (nSPS) is 15.5. The summed E-state index contributed by atoms with van der Waals surface area (Å²) in [6, 6.07) is 2.29. The Labute approximate surface area is 152 Å². The van der Waals surface area contributed by atoms with Crippen molar-refractivity contribution in [1.82, 2.24) is 24.5 Å². The van der Waals surface area contributed by atoms with Gasteiger partial charge in [0.05, 0.1) is 17.4 Å². The van der Waals surface area contributed by atoms with E-state index >= 15 is 0 Å². The summed E-state index contributed by atoms with van der Waals surface area (Å²) >= 11 is 0. The highest BCUT2D eigenvalue weighted by Crippen LogP contribution is 2.28. The third kappa shape index (κ3) is 2.87. The monoisotopic (exact) mass is 352 g/mol. The highest BCUT2D eigenvalue weighted by molar-refractivity contribution is 5.92. The van der Waals surface area contributed by atoms with Crippen molar-refractivity contribution >= 4 is 16.6 Å². The fourth-order valence-electron chi connectivity index (χ4n) is 3.94. The number of hydrogen-bond acceptors (Lipinski definition) is 5. The first-order valence-electron chi connectivity index (χ1n) is 9.17. The number of pyridine rings is 1. The molecule has 3 aromatic heterocycles. The number of anilines is 1. The molecular weight excluding hydrogens is 328 g/mol. The first kappa shape index (κ1) is 16.8. The molecule has 1 fully saturated rings. The molecule has 0 spiro atoms. The van der Waals surface area contributed by atoms with Crippen molar-refractivity contribution in [1.29, 1.82) is 0 Å². The Hall–Kier alpha value is -2.70. The topological polar surface area (TPSA) is 77.6 Å². The second-order valence-corrected chi connectivity index (χ2v) is 7.20. The summed E-state index contributed by atoms with van der Waals surface area (Å²) in [6.45, 7) is 1.94. The Bertz CT molecular complexity index is 1010. The van der Waals surface area contributed by atoms with Crippen LogP contribution in [0.15, 0.2) is 23.3 Å². The summed E-state index contributed by atoms with van der Waals surface area (Å²) in [6.07, 6.45) is 9.61. The van der Waals surface area contributed by atoms with Gasteiger partial charge in [-0.25, -0.2) is 0 Å². The predicted octanol–water partition coefficient (Wildman–Crippen LogP) is 2.78. The molecule has 3 aromatic rings. The molecule has 1 aliphatic rings. The molecule has 1 N–H and O–H groups in total. The highest BCUT2D eigenvalue weighted by atomic mass is 16.1. The summed E-state index contributed by atoms with van der Waals surface area (Å²) in [5, 5.41) is 17.2. The van der Waals surface area contributed by atoms with Gasteiger partial charge in [-0.05, 0) is 25.8 Å². The van der Waals surface area contributed by atoms with Gasteiger partial charge in [-0.2, -0.15) is 10.2 Å². The molecule has 136 valence electrons. The number of hydrogen-bond donors (Lipinski definition) is 1. The van der Waals surface area contributed by atoms with Crippen molar-refractivity contribution in [2.45, 2.75) is 45.1 Å². The minimum atomic E-state index is -0.0288. The van der Waals surface area contributed by atoms with E-state index in [1.165, 1.54) is 19.3 Å². The summed E-state index contributed by atoms with van der Waals surface area (Å²) in [4.78, 5) is 13.0. The maximum atomic E-state index is 13.0. The van der Waals surface area contributed by atoms with Crippen LogP contribution >= 0.6 is 0 Å². The van der Waals surface area contributed by atoms with Gasteiger partial charge in [-0.3, -0.25) is 9.48 Å². The van der Waals surface area contributed by atoms with E-state index < -0.39 is 0 Å². The number of nitrogens with one attached hydrogen (secondary N) is 1. The second-order valence-electron chi connectivity index (χ2n) is 7.20. The van der Waals surface area contributed by atoms with E-state index in [0.717, 1.165) is 35.0 Å². The molecule has 0 radical (unpaired) electrons. The van der Waals surface area contributed by atoms with Crippen molar-refractivity contribution in [3.05, 3.63) is 34.5 Å². The third-order valence-electron chi connectivity index (χ3n) is 5.26. The standard InChI is InChI=1S/C19H24N6O/c1-12-15(11-24(2)23-12)17-18-13(10-20-22-17)9-16(19(26)25(18)3)21-14-7-5-4-6-8-14/h9-11,14,21H,4-8H2,1-3H3. The molecule has 0 bridgehead atoms. The summed E-state index contributed by atoms with van der Waals surface area (Å²) < 4.78 is 3.43. The molecule has 0 amide bonds. The number of aryl methyl sites for hydroxylation is 3. The zero-order valence-corrected chi connectivity index (χ0v) is 15.5. The maximum absolute atomic E-state index is 13.0. The zero-order chi connectivity index (χ0) is 18.3. The van der Waals surface area contributed by atoms with Gasteiger partial charge >= 0.3 is 0 Å². The van der Waals surface area contributed by atoms with Crippen molar-refractivity contribution < 1.29 is 0 Å². The molecule has 7 nitrogen and oxygen atoms in total. The Balaban J connectivity index is 1.84. The van der Waals surface area contributed by atoms with Gasteiger partial charge in [0.1, 0.15) is 11.4 Å². The molecule has 26 heavy (non-hydrogen) atoms. The SMILES string of the molecule is Cc1nn(C)cc1-c1nncc2cc(NC3CCCCC3)c(=O)n(C)c12. The molecule has 0 atom stereocenters. The van der Waals surface area contributed by atoms with Crippen LogP contribution in [0.3, 0.4) is 0 Å². The summed E-state index contributed by atoms with van der Waals surface area (Å²) in [7, 11) is 3.67. The third-order valence-corrected chi connectivity index (χ3v) is 5.26. The first-order chi connectivity index (χ1) is 12.5. The van der Waals surface area contributed by atoms with Crippen LogP contribution in [-0.2, 0) is 14.1 Å². The van der Waals surface area contributed by atoms with Crippen LogP contribution in [0.4, 0.5) is 5.69 Å². The van der Waals surface area contributed by atoms with E-state index in [9.17, 15) is 4.79 Å². The smallest absolute Gasteiger partial charge is 0.274 e. The van der Waals surface area contributed by atoms with Gasteiger partial charge in [-0.1, -0.05) is 19.3 Å². The van der Waals surface area contributed by atoms with Crippen LogP contribution in [0.2, 0.25) is 0 Å². The molecule has 1 saturated carbocycles. The van der Waals surface area contributed by atoms with Gasteiger partial charge in [0.25, 0.3) is 5.56 Å². The van der Waals surface area contributed by atoms with Crippen molar-refractivity contribution in [3.63, 3.8) is 0 Å². The van der Waals surface area contributed by atoms with Crippen molar-refractivity contribution in [3.8, 4) is 11.3 Å². The maximum Gasteiger partial charge on any atom is 0.274 e. The minimum Gasteiger partial charge on any atom is -0.378 e. The lowest BCUT2D eigenvalue weighted by atomic mass is 9.95. The molecule has 0 aromatic carbocycles. The van der Waals surface area contributed by atoms with E-state index in [4.69, 9.17) is 0 Å². The van der Waals surface area contributed by atoms with Gasteiger partial charge in [0.15, 0.2) is 0 Å². The van der Waals surface area contributed by atoms with Gasteiger partial charge in [0.2, 0.25) is 0 Å².